The zero-order valence-electron chi connectivity index (χ0n) is 9.14. The van der Waals surface area contributed by atoms with Crippen LogP contribution in [-0.2, 0) is 11.2 Å². The third-order valence-electron chi connectivity index (χ3n) is 2.20. The van der Waals surface area contributed by atoms with E-state index in [4.69, 9.17) is 0 Å². The van der Waals surface area contributed by atoms with Gasteiger partial charge in [0, 0.05) is 17.4 Å². The average Bonchev–Trinajstić information content (AvgIpc) is 2.17. The zero-order valence-corrected chi connectivity index (χ0v) is 10.7. The smallest absolute Gasteiger partial charge is 0.220 e. The monoisotopic (exact) mass is 269 g/mol. The lowest BCUT2D eigenvalue weighted by Gasteiger charge is -2.05. The summed E-state index contributed by atoms with van der Waals surface area (Å²) in [5, 5.41) is 2.79. The Morgan fingerprint density at radius 3 is 2.80 bits per heavy atom. The molecule has 0 aliphatic carbocycles. The molecule has 0 aliphatic heterocycles. The molecule has 82 valence electrons. The Morgan fingerprint density at radius 2 is 2.20 bits per heavy atom. The molecule has 0 bridgehead atoms. The normalized spacial score (nSPS) is 10.1. The third kappa shape index (κ3) is 4.04. The third-order valence-corrected chi connectivity index (χ3v) is 2.94. The van der Waals surface area contributed by atoms with Crippen molar-refractivity contribution in [2.75, 3.05) is 6.54 Å². The van der Waals surface area contributed by atoms with Gasteiger partial charge in [-0.3, -0.25) is 4.79 Å². The Bertz CT molecular complexity index is 349. The van der Waals surface area contributed by atoms with Crippen LogP contribution in [-0.4, -0.2) is 12.5 Å². The molecule has 0 spiro atoms. The molecular formula is C12H16BrNO. The highest BCUT2D eigenvalue weighted by molar-refractivity contribution is 9.10. The van der Waals surface area contributed by atoms with Gasteiger partial charge in [0.2, 0.25) is 5.91 Å². The van der Waals surface area contributed by atoms with E-state index in [-0.39, 0.29) is 5.91 Å². The van der Waals surface area contributed by atoms with Gasteiger partial charge in [0.1, 0.15) is 0 Å². The molecule has 1 aromatic carbocycles. The van der Waals surface area contributed by atoms with Crippen molar-refractivity contribution in [1.82, 2.24) is 5.32 Å². The van der Waals surface area contributed by atoms with E-state index in [1.807, 2.05) is 6.92 Å². The second-order valence-corrected chi connectivity index (χ2v) is 4.40. The number of carbonyl (C=O) groups is 1. The number of hydrogen-bond acceptors (Lipinski definition) is 1. The molecule has 1 N–H and O–H groups in total. The summed E-state index contributed by atoms with van der Waals surface area (Å²) in [6, 6.07) is 6.21. The molecule has 0 saturated heterocycles. The lowest BCUT2D eigenvalue weighted by molar-refractivity contribution is -0.120. The second-order valence-electron chi connectivity index (χ2n) is 3.55. The van der Waals surface area contributed by atoms with Crippen LogP contribution in [0, 0.1) is 6.92 Å². The first-order valence-electron chi connectivity index (χ1n) is 5.15. The van der Waals surface area contributed by atoms with Crippen LogP contribution in [0.2, 0.25) is 0 Å². The molecule has 2 nitrogen and oxygen atoms in total. The van der Waals surface area contributed by atoms with E-state index in [0.29, 0.717) is 13.0 Å². The maximum absolute atomic E-state index is 11.3. The molecule has 15 heavy (non-hydrogen) atoms. The maximum atomic E-state index is 11.3. The Hall–Kier alpha value is -0.830. The molecule has 0 unspecified atom stereocenters. The first-order chi connectivity index (χ1) is 7.13. The van der Waals surface area contributed by atoms with Crippen LogP contribution < -0.4 is 5.32 Å². The SMILES string of the molecule is CCNC(=O)CCc1ccc(C)cc1Br. The van der Waals surface area contributed by atoms with Crippen molar-refractivity contribution in [3.05, 3.63) is 33.8 Å². The molecule has 0 radical (unpaired) electrons. The van der Waals surface area contributed by atoms with Gasteiger partial charge in [-0.2, -0.15) is 0 Å². The zero-order chi connectivity index (χ0) is 11.3. The van der Waals surface area contributed by atoms with Crippen LogP contribution in [0.4, 0.5) is 0 Å². The largest absolute Gasteiger partial charge is 0.356 e. The fourth-order valence-corrected chi connectivity index (χ4v) is 2.08. The van der Waals surface area contributed by atoms with Crippen LogP contribution in [0.3, 0.4) is 0 Å². The maximum Gasteiger partial charge on any atom is 0.220 e. The number of rotatable bonds is 4. The van der Waals surface area contributed by atoms with Crippen molar-refractivity contribution < 1.29 is 4.79 Å². The number of hydrogen-bond donors (Lipinski definition) is 1. The topological polar surface area (TPSA) is 29.1 Å². The predicted octanol–water partition coefficient (Wildman–Crippen LogP) is 2.83. The lowest BCUT2D eigenvalue weighted by Crippen LogP contribution is -2.22. The van der Waals surface area contributed by atoms with Crippen molar-refractivity contribution in [2.45, 2.75) is 26.7 Å². The number of nitrogens with one attached hydrogen (secondary N) is 1. The van der Waals surface area contributed by atoms with Crippen LogP contribution in [0.25, 0.3) is 0 Å². The van der Waals surface area contributed by atoms with E-state index >= 15 is 0 Å². The van der Waals surface area contributed by atoms with E-state index in [2.05, 4.69) is 46.4 Å². The summed E-state index contributed by atoms with van der Waals surface area (Å²) in [7, 11) is 0. The number of amides is 1. The molecule has 0 heterocycles. The van der Waals surface area contributed by atoms with Gasteiger partial charge in [-0.05, 0) is 37.5 Å². The Balaban J connectivity index is 2.54. The van der Waals surface area contributed by atoms with Gasteiger partial charge in [-0.1, -0.05) is 28.1 Å². The molecular weight excluding hydrogens is 254 g/mol. The minimum absolute atomic E-state index is 0.116. The fourth-order valence-electron chi connectivity index (χ4n) is 1.39. The van der Waals surface area contributed by atoms with E-state index in [9.17, 15) is 4.79 Å². The standard InChI is InChI=1S/C12H16BrNO/c1-3-14-12(15)7-6-10-5-4-9(2)8-11(10)13/h4-5,8H,3,6-7H2,1-2H3,(H,14,15). The molecule has 1 rings (SSSR count). The van der Waals surface area contributed by atoms with Gasteiger partial charge in [0.05, 0.1) is 0 Å². The molecule has 0 aliphatic rings. The summed E-state index contributed by atoms with van der Waals surface area (Å²) in [6.45, 7) is 4.69. The van der Waals surface area contributed by atoms with E-state index in [0.717, 1.165) is 10.9 Å². The highest BCUT2D eigenvalue weighted by Gasteiger charge is 2.03. The quantitative estimate of drug-likeness (QED) is 0.895. The summed E-state index contributed by atoms with van der Waals surface area (Å²) in [5.41, 5.74) is 2.41. The number of halogens is 1. The second kappa shape index (κ2) is 5.91. The summed E-state index contributed by atoms with van der Waals surface area (Å²) in [5.74, 6) is 0.116. The van der Waals surface area contributed by atoms with Crippen molar-refractivity contribution in [2.24, 2.45) is 0 Å². The van der Waals surface area contributed by atoms with Gasteiger partial charge in [-0.15, -0.1) is 0 Å². The van der Waals surface area contributed by atoms with Crippen molar-refractivity contribution in [3.63, 3.8) is 0 Å². The summed E-state index contributed by atoms with van der Waals surface area (Å²) in [6.07, 6.45) is 1.34. The Labute approximate surface area is 99.2 Å². The van der Waals surface area contributed by atoms with Crippen molar-refractivity contribution in [3.8, 4) is 0 Å². The number of benzene rings is 1. The summed E-state index contributed by atoms with van der Waals surface area (Å²) < 4.78 is 1.09. The molecule has 0 atom stereocenters. The fraction of sp³-hybridized carbons (Fsp3) is 0.417. The van der Waals surface area contributed by atoms with Crippen LogP contribution in [0.1, 0.15) is 24.5 Å². The van der Waals surface area contributed by atoms with E-state index < -0.39 is 0 Å². The van der Waals surface area contributed by atoms with Gasteiger partial charge in [0.15, 0.2) is 0 Å². The van der Waals surface area contributed by atoms with Gasteiger partial charge < -0.3 is 5.32 Å². The summed E-state index contributed by atoms with van der Waals surface area (Å²) >= 11 is 3.50. The van der Waals surface area contributed by atoms with Crippen LogP contribution in [0.15, 0.2) is 22.7 Å². The van der Waals surface area contributed by atoms with Crippen molar-refractivity contribution in [1.29, 1.82) is 0 Å². The first-order valence-corrected chi connectivity index (χ1v) is 5.94. The van der Waals surface area contributed by atoms with Crippen LogP contribution >= 0.6 is 15.9 Å². The minimum atomic E-state index is 0.116. The Kier molecular flexibility index (Phi) is 4.82. The highest BCUT2D eigenvalue weighted by Crippen LogP contribution is 2.19. The first kappa shape index (κ1) is 12.2. The Morgan fingerprint density at radius 1 is 1.47 bits per heavy atom. The molecule has 0 aromatic heterocycles. The molecule has 0 saturated carbocycles. The molecule has 1 amide bonds. The van der Waals surface area contributed by atoms with Crippen LogP contribution in [0.5, 0.6) is 0 Å². The van der Waals surface area contributed by atoms with E-state index in [1.165, 1.54) is 11.1 Å². The average molecular weight is 270 g/mol. The molecule has 1 aromatic rings. The van der Waals surface area contributed by atoms with Gasteiger partial charge in [-0.25, -0.2) is 0 Å². The molecule has 0 fully saturated rings. The molecule has 3 heteroatoms. The lowest BCUT2D eigenvalue weighted by atomic mass is 10.1. The minimum Gasteiger partial charge on any atom is -0.356 e. The summed E-state index contributed by atoms with van der Waals surface area (Å²) in [4.78, 5) is 11.3. The number of aryl methyl sites for hydroxylation is 2. The van der Waals surface area contributed by atoms with Crippen molar-refractivity contribution >= 4 is 21.8 Å². The highest BCUT2D eigenvalue weighted by atomic mass is 79.9. The van der Waals surface area contributed by atoms with Gasteiger partial charge in [0.25, 0.3) is 0 Å². The number of carbonyl (C=O) groups excluding carboxylic acids is 1. The van der Waals surface area contributed by atoms with Gasteiger partial charge >= 0.3 is 0 Å². The predicted molar refractivity (Wildman–Crippen MR) is 65.9 cm³/mol. The van der Waals surface area contributed by atoms with E-state index in [1.54, 1.807) is 0 Å².